The van der Waals surface area contributed by atoms with Crippen molar-refractivity contribution in [3.63, 3.8) is 0 Å². The average Bonchev–Trinajstić information content (AvgIpc) is 3.11. The first kappa shape index (κ1) is 14.0. The number of nitrogens with two attached hydrogens (primary N) is 1. The van der Waals surface area contributed by atoms with Gasteiger partial charge in [-0.3, -0.25) is 0 Å². The van der Waals surface area contributed by atoms with Gasteiger partial charge in [0.15, 0.2) is 0 Å². The number of fused-ring (bicyclic) bond motifs is 1. The molecule has 0 spiro atoms. The summed E-state index contributed by atoms with van der Waals surface area (Å²) < 4.78 is 0. The zero-order valence-corrected chi connectivity index (χ0v) is 14.2. The van der Waals surface area contributed by atoms with E-state index in [0.29, 0.717) is 0 Å². The Bertz CT molecular complexity index is 812. The van der Waals surface area contributed by atoms with Crippen molar-refractivity contribution in [2.75, 3.05) is 5.73 Å². The van der Waals surface area contributed by atoms with Crippen LogP contribution in [-0.2, 0) is 12.8 Å². The van der Waals surface area contributed by atoms with E-state index in [9.17, 15) is 0 Å². The molecule has 0 aliphatic heterocycles. The molecule has 2 N–H and O–H groups in total. The van der Waals surface area contributed by atoms with Crippen LogP contribution in [0.4, 0.5) is 5.00 Å². The molecule has 0 saturated heterocycles. The lowest BCUT2D eigenvalue weighted by Gasteiger charge is -2.11. The first-order chi connectivity index (χ1) is 10.7. The SMILES string of the molecule is Cc1ccc(-c2cnc(-c3c(N)sc4c3CCCC4)s2)cc1. The lowest BCUT2D eigenvalue weighted by atomic mass is 9.96. The van der Waals surface area contributed by atoms with Gasteiger partial charge >= 0.3 is 0 Å². The molecular formula is C18H18N2S2. The first-order valence-corrected chi connectivity index (χ1v) is 9.29. The van der Waals surface area contributed by atoms with Gasteiger partial charge in [-0.15, -0.1) is 22.7 Å². The van der Waals surface area contributed by atoms with Gasteiger partial charge in [-0.25, -0.2) is 4.98 Å². The van der Waals surface area contributed by atoms with Crippen LogP contribution in [0.5, 0.6) is 0 Å². The lowest BCUT2D eigenvalue weighted by molar-refractivity contribution is 0.698. The number of hydrogen-bond acceptors (Lipinski definition) is 4. The summed E-state index contributed by atoms with van der Waals surface area (Å²) in [5.41, 5.74) is 11.5. The van der Waals surface area contributed by atoms with E-state index in [1.807, 2.05) is 6.20 Å². The number of aromatic nitrogens is 1. The molecule has 4 rings (SSSR count). The van der Waals surface area contributed by atoms with Crippen molar-refractivity contribution in [1.82, 2.24) is 4.98 Å². The van der Waals surface area contributed by atoms with Crippen LogP contribution < -0.4 is 5.73 Å². The van der Waals surface area contributed by atoms with E-state index in [1.165, 1.54) is 51.3 Å². The Labute approximate surface area is 138 Å². The van der Waals surface area contributed by atoms with Crippen molar-refractivity contribution in [3.05, 3.63) is 46.5 Å². The van der Waals surface area contributed by atoms with Gasteiger partial charge in [-0.1, -0.05) is 29.8 Å². The third-order valence-corrected chi connectivity index (χ3v) is 6.44. The summed E-state index contributed by atoms with van der Waals surface area (Å²) in [6.45, 7) is 2.11. The number of aryl methyl sites for hydroxylation is 2. The van der Waals surface area contributed by atoms with Gasteiger partial charge in [0.25, 0.3) is 0 Å². The van der Waals surface area contributed by atoms with E-state index in [0.717, 1.165) is 16.4 Å². The third kappa shape index (κ3) is 2.36. The highest BCUT2D eigenvalue weighted by Crippen LogP contribution is 2.44. The molecule has 2 heterocycles. The van der Waals surface area contributed by atoms with Gasteiger partial charge in [-0.05, 0) is 43.7 Å². The first-order valence-electron chi connectivity index (χ1n) is 7.65. The zero-order valence-electron chi connectivity index (χ0n) is 12.6. The summed E-state index contributed by atoms with van der Waals surface area (Å²) in [5, 5.41) is 2.02. The highest BCUT2D eigenvalue weighted by molar-refractivity contribution is 7.20. The molecule has 3 aromatic rings. The van der Waals surface area contributed by atoms with Crippen LogP contribution in [0.2, 0.25) is 0 Å². The van der Waals surface area contributed by atoms with Crippen LogP contribution in [0.3, 0.4) is 0 Å². The normalized spacial score (nSPS) is 14.0. The molecule has 0 amide bonds. The number of nitrogens with zero attached hydrogens (tertiary/aromatic N) is 1. The molecular weight excluding hydrogens is 308 g/mol. The minimum atomic E-state index is 0.941. The van der Waals surface area contributed by atoms with Gasteiger partial charge < -0.3 is 5.73 Å². The molecule has 0 unspecified atom stereocenters. The Morgan fingerprint density at radius 1 is 1.05 bits per heavy atom. The molecule has 1 aromatic carbocycles. The molecule has 0 fully saturated rings. The number of rotatable bonds is 2. The predicted octanol–water partition coefficient (Wildman–Crippen LogP) is 5.31. The summed E-state index contributed by atoms with van der Waals surface area (Å²) in [5.74, 6) is 0. The van der Waals surface area contributed by atoms with Crippen molar-refractivity contribution in [1.29, 1.82) is 0 Å². The molecule has 0 bridgehead atoms. The van der Waals surface area contributed by atoms with Crippen LogP contribution in [-0.4, -0.2) is 4.98 Å². The van der Waals surface area contributed by atoms with Gasteiger partial charge in [0, 0.05) is 16.6 Å². The van der Waals surface area contributed by atoms with E-state index < -0.39 is 0 Å². The molecule has 0 atom stereocenters. The second-order valence-electron chi connectivity index (χ2n) is 5.85. The van der Waals surface area contributed by atoms with E-state index in [4.69, 9.17) is 5.73 Å². The van der Waals surface area contributed by atoms with Crippen molar-refractivity contribution in [2.45, 2.75) is 32.6 Å². The fourth-order valence-corrected chi connectivity index (χ4v) is 5.30. The molecule has 4 heteroatoms. The Morgan fingerprint density at radius 2 is 1.82 bits per heavy atom. The smallest absolute Gasteiger partial charge is 0.127 e. The quantitative estimate of drug-likeness (QED) is 0.693. The molecule has 2 nitrogen and oxygen atoms in total. The van der Waals surface area contributed by atoms with Crippen LogP contribution in [0.25, 0.3) is 21.0 Å². The van der Waals surface area contributed by atoms with Gasteiger partial charge in [-0.2, -0.15) is 0 Å². The minimum Gasteiger partial charge on any atom is -0.390 e. The molecule has 1 aliphatic rings. The number of thiophene rings is 1. The van der Waals surface area contributed by atoms with E-state index in [2.05, 4.69) is 36.2 Å². The van der Waals surface area contributed by atoms with E-state index >= 15 is 0 Å². The predicted molar refractivity (Wildman–Crippen MR) is 96.7 cm³/mol. The van der Waals surface area contributed by atoms with Crippen molar-refractivity contribution in [3.8, 4) is 21.0 Å². The molecule has 1 aliphatic carbocycles. The van der Waals surface area contributed by atoms with Crippen LogP contribution >= 0.6 is 22.7 Å². The fraction of sp³-hybridized carbons (Fsp3) is 0.278. The van der Waals surface area contributed by atoms with E-state index in [1.54, 1.807) is 22.7 Å². The lowest BCUT2D eigenvalue weighted by Crippen LogP contribution is -1.99. The summed E-state index contributed by atoms with van der Waals surface area (Å²) in [7, 11) is 0. The second-order valence-corrected chi connectivity index (χ2v) is 8.01. The Kier molecular flexibility index (Phi) is 3.51. The van der Waals surface area contributed by atoms with Gasteiger partial charge in [0.05, 0.1) is 9.88 Å². The number of hydrogen-bond donors (Lipinski definition) is 1. The molecule has 112 valence electrons. The maximum absolute atomic E-state index is 6.31. The number of nitrogen functional groups attached to an aromatic ring is 1. The number of anilines is 1. The summed E-state index contributed by atoms with van der Waals surface area (Å²) in [6, 6.07) is 8.63. The van der Waals surface area contributed by atoms with Crippen molar-refractivity contribution < 1.29 is 0 Å². The fourth-order valence-electron chi connectivity index (χ4n) is 3.06. The maximum atomic E-state index is 6.31. The van der Waals surface area contributed by atoms with Crippen LogP contribution in [0.1, 0.15) is 28.8 Å². The zero-order chi connectivity index (χ0) is 15.1. The molecule has 22 heavy (non-hydrogen) atoms. The molecule has 2 aromatic heterocycles. The van der Waals surface area contributed by atoms with Gasteiger partial charge in [0.1, 0.15) is 5.01 Å². The topological polar surface area (TPSA) is 38.9 Å². The number of thiazole rings is 1. The summed E-state index contributed by atoms with van der Waals surface area (Å²) >= 11 is 3.52. The molecule has 0 saturated carbocycles. The second kappa shape index (κ2) is 5.52. The highest BCUT2D eigenvalue weighted by Gasteiger charge is 2.22. The van der Waals surface area contributed by atoms with Gasteiger partial charge in [0.2, 0.25) is 0 Å². The maximum Gasteiger partial charge on any atom is 0.127 e. The van der Waals surface area contributed by atoms with Crippen molar-refractivity contribution >= 4 is 27.7 Å². The van der Waals surface area contributed by atoms with Crippen molar-refractivity contribution in [2.24, 2.45) is 0 Å². The Morgan fingerprint density at radius 3 is 2.64 bits per heavy atom. The Hall–Kier alpha value is -1.65. The summed E-state index contributed by atoms with van der Waals surface area (Å²) in [6.07, 6.45) is 6.88. The van der Waals surface area contributed by atoms with E-state index in [-0.39, 0.29) is 0 Å². The Balaban J connectivity index is 1.76. The number of benzene rings is 1. The van der Waals surface area contributed by atoms with Crippen LogP contribution in [0.15, 0.2) is 30.5 Å². The largest absolute Gasteiger partial charge is 0.390 e. The minimum absolute atomic E-state index is 0.941. The average molecular weight is 326 g/mol. The molecule has 0 radical (unpaired) electrons. The highest BCUT2D eigenvalue weighted by atomic mass is 32.1. The third-order valence-electron chi connectivity index (χ3n) is 4.25. The van der Waals surface area contributed by atoms with Crippen LogP contribution in [0, 0.1) is 6.92 Å². The summed E-state index contributed by atoms with van der Waals surface area (Å²) in [4.78, 5) is 7.36. The standard InChI is InChI=1S/C18H18N2S2/c1-11-6-8-12(9-7-11)15-10-20-18(22-15)16-13-4-2-3-5-14(13)21-17(16)19/h6-10H,2-5,19H2,1H3. The monoisotopic (exact) mass is 326 g/mol.